The Bertz CT molecular complexity index is 379. The summed E-state index contributed by atoms with van der Waals surface area (Å²) in [5.41, 5.74) is 1.36. The second-order valence-electron chi connectivity index (χ2n) is 6.10. The van der Waals surface area contributed by atoms with Crippen LogP contribution in [0.25, 0.3) is 0 Å². The van der Waals surface area contributed by atoms with E-state index < -0.39 is 0 Å². The third-order valence-electron chi connectivity index (χ3n) is 3.66. The van der Waals surface area contributed by atoms with E-state index in [-0.39, 0.29) is 0 Å². The van der Waals surface area contributed by atoms with Crippen LogP contribution in [0.5, 0.6) is 0 Å². The number of nitrogens with zero attached hydrogens (tertiary/aromatic N) is 1. The van der Waals surface area contributed by atoms with Crippen LogP contribution in [0, 0.1) is 5.92 Å². The summed E-state index contributed by atoms with van der Waals surface area (Å²) in [6.45, 7) is 10.1. The van der Waals surface area contributed by atoms with E-state index in [4.69, 9.17) is 0 Å². The van der Waals surface area contributed by atoms with E-state index in [0.29, 0.717) is 6.04 Å². The van der Waals surface area contributed by atoms with Gasteiger partial charge in [0.1, 0.15) is 0 Å². The van der Waals surface area contributed by atoms with Crippen LogP contribution >= 0.6 is 15.9 Å². The number of benzene rings is 1. The average Bonchev–Trinajstić information content (AvgIpc) is 2.40. The van der Waals surface area contributed by atoms with Crippen LogP contribution in [0.4, 0.5) is 0 Å². The summed E-state index contributed by atoms with van der Waals surface area (Å²) in [6, 6.07) is 9.09. The standard InChI is InChI=1S/C17H29BrN2/c1-14(2)12-19-11-7-8-15(3)20(4)13-16-9-5-6-10-17(16)18/h5-6,9-10,14-15,19H,7-8,11-13H2,1-4H3. The highest BCUT2D eigenvalue weighted by atomic mass is 79.9. The van der Waals surface area contributed by atoms with Crippen molar-refractivity contribution in [3.63, 3.8) is 0 Å². The Morgan fingerprint density at radius 3 is 2.55 bits per heavy atom. The third kappa shape index (κ3) is 6.87. The van der Waals surface area contributed by atoms with Crippen LogP contribution in [0.3, 0.4) is 0 Å². The molecule has 1 N–H and O–H groups in total. The van der Waals surface area contributed by atoms with Crippen LogP contribution in [-0.2, 0) is 6.54 Å². The highest BCUT2D eigenvalue weighted by Crippen LogP contribution is 2.18. The Morgan fingerprint density at radius 2 is 1.90 bits per heavy atom. The Morgan fingerprint density at radius 1 is 1.20 bits per heavy atom. The van der Waals surface area contributed by atoms with Crippen LogP contribution in [0.1, 0.15) is 39.2 Å². The molecular formula is C17H29BrN2. The zero-order valence-electron chi connectivity index (χ0n) is 13.3. The zero-order chi connectivity index (χ0) is 15.0. The first-order valence-electron chi connectivity index (χ1n) is 7.65. The van der Waals surface area contributed by atoms with Gasteiger partial charge in [0.2, 0.25) is 0 Å². The number of hydrogen-bond donors (Lipinski definition) is 1. The molecule has 0 aliphatic heterocycles. The summed E-state index contributed by atoms with van der Waals surface area (Å²) in [4.78, 5) is 2.43. The van der Waals surface area contributed by atoms with Gasteiger partial charge < -0.3 is 5.32 Å². The lowest BCUT2D eigenvalue weighted by molar-refractivity contribution is 0.234. The summed E-state index contributed by atoms with van der Waals surface area (Å²) in [6.07, 6.45) is 2.49. The summed E-state index contributed by atoms with van der Waals surface area (Å²) in [5, 5.41) is 3.51. The molecule has 0 saturated heterocycles. The number of hydrogen-bond acceptors (Lipinski definition) is 2. The van der Waals surface area contributed by atoms with Crippen molar-refractivity contribution in [3.05, 3.63) is 34.3 Å². The summed E-state index contributed by atoms with van der Waals surface area (Å²) >= 11 is 3.62. The van der Waals surface area contributed by atoms with Gasteiger partial charge in [-0.3, -0.25) is 4.90 Å². The molecule has 1 atom stereocenters. The summed E-state index contributed by atoms with van der Waals surface area (Å²) in [7, 11) is 2.21. The van der Waals surface area contributed by atoms with Gasteiger partial charge in [-0.1, -0.05) is 48.0 Å². The van der Waals surface area contributed by atoms with E-state index in [9.17, 15) is 0 Å². The predicted octanol–water partition coefficient (Wildman–Crippen LogP) is 4.30. The highest BCUT2D eigenvalue weighted by Gasteiger charge is 2.10. The molecule has 0 heterocycles. The van der Waals surface area contributed by atoms with Gasteiger partial charge in [0, 0.05) is 17.1 Å². The Kier molecular flexibility index (Phi) is 8.43. The fourth-order valence-corrected chi connectivity index (χ4v) is 2.59. The number of halogens is 1. The normalized spacial score (nSPS) is 13.2. The van der Waals surface area contributed by atoms with E-state index in [1.807, 2.05) is 0 Å². The second kappa shape index (κ2) is 9.54. The molecule has 0 fully saturated rings. The molecule has 0 radical (unpaired) electrons. The first-order valence-corrected chi connectivity index (χ1v) is 8.44. The molecule has 1 unspecified atom stereocenters. The average molecular weight is 341 g/mol. The molecule has 0 aliphatic carbocycles. The maximum absolute atomic E-state index is 3.62. The van der Waals surface area contributed by atoms with Gasteiger partial charge in [-0.15, -0.1) is 0 Å². The van der Waals surface area contributed by atoms with Crippen molar-refractivity contribution in [1.29, 1.82) is 0 Å². The van der Waals surface area contributed by atoms with E-state index in [2.05, 4.69) is 78.2 Å². The van der Waals surface area contributed by atoms with Crippen molar-refractivity contribution in [2.24, 2.45) is 5.92 Å². The first-order chi connectivity index (χ1) is 9.50. The fraction of sp³-hybridized carbons (Fsp3) is 0.647. The molecule has 0 aromatic heterocycles. The molecule has 0 bridgehead atoms. The van der Waals surface area contributed by atoms with Gasteiger partial charge in [0.25, 0.3) is 0 Å². The van der Waals surface area contributed by atoms with Crippen molar-refractivity contribution >= 4 is 15.9 Å². The van der Waals surface area contributed by atoms with Crippen molar-refractivity contribution in [2.75, 3.05) is 20.1 Å². The Hall–Kier alpha value is -0.380. The van der Waals surface area contributed by atoms with E-state index in [1.165, 1.54) is 22.9 Å². The SMILES string of the molecule is CC(C)CNCCCC(C)N(C)Cc1ccccc1Br. The molecule has 0 amide bonds. The molecule has 3 heteroatoms. The van der Waals surface area contributed by atoms with Crippen LogP contribution in [-0.4, -0.2) is 31.1 Å². The van der Waals surface area contributed by atoms with Crippen molar-refractivity contribution in [3.8, 4) is 0 Å². The topological polar surface area (TPSA) is 15.3 Å². The minimum absolute atomic E-state index is 0.614. The van der Waals surface area contributed by atoms with Crippen LogP contribution < -0.4 is 5.32 Å². The monoisotopic (exact) mass is 340 g/mol. The second-order valence-corrected chi connectivity index (χ2v) is 6.95. The minimum atomic E-state index is 0.614. The summed E-state index contributed by atoms with van der Waals surface area (Å²) in [5.74, 6) is 0.741. The summed E-state index contributed by atoms with van der Waals surface area (Å²) < 4.78 is 1.21. The van der Waals surface area contributed by atoms with Gasteiger partial charge in [-0.25, -0.2) is 0 Å². The van der Waals surface area contributed by atoms with Gasteiger partial charge >= 0.3 is 0 Å². The van der Waals surface area contributed by atoms with E-state index in [0.717, 1.165) is 25.6 Å². The zero-order valence-corrected chi connectivity index (χ0v) is 14.9. The lowest BCUT2D eigenvalue weighted by Crippen LogP contribution is -2.30. The Labute approximate surface area is 133 Å². The third-order valence-corrected chi connectivity index (χ3v) is 4.43. The van der Waals surface area contributed by atoms with Crippen molar-refractivity contribution < 1.29 is 0 Å². The molecule has 1 aromatic rings. The van der Waals surface area contributed by atoms with Crippen molar-refractivity contribution in [1.82, 2.24) is 10.2 Å². The fourth-order valence-electron chi connectivity index (χ4n) is 2.18. The smallest absolute Gasteiger partial charge is 0.0244 e. The Balaban J connectivity index is 2.25. The van der Waals surface area contributed by atoms with Gasteiger partial charge in [-0.05, 0) is 57.5 Å². The van der Waals surface area contributed by atoms with Crippen LogP contribution in [0.2, 0.25) is 0 Å². The minimum Gasteiger partial charge on any atom is -0.316 e. The molecule has 1 aromatic carbocycles. The highest BCUT2D eigenvalue weighted by molar-refractivity contribution is 9.10. The van der Waals surface area contributed by atoms with Gasteiger partial charge in [0.05, 0.1) is 0 Å². The molecule has 0 saturated carbocycles. The number of nitrogens with one attached hydrogen (secondary N) is 1. The molecule has 0 aliphatic rings. The lowest BCUT2D eigenvalue weighted by atomic mass is 10.1. The largest absolute Gasteiger partial charge is 0.316 e. The van der Waals surface area contributed by atoms with Gasteiger partial charge in [-0.2, -0.15) is 0 Å². The maximum Gasteiger partial charge on any atom is 0.0244 e. The molecule has 20 heavy (non-hydrogen) atoms. The predicted molar refractivity (Wildman–Crippen MR) is 92.0 cm³/mol. The molecule has 0 spiro atoms. The molecule has 1 rings (SSSR count). The molecule has 114 valence electrons. The molecule has 2 nitrogen and oxygen atoms in total. The van der Waals surface area contributed by atoms with Gasteiger partial charge in [0.15, 0.2) is 0 Å². The van der Waals surface area contributed by atoms with E-state index in [1.54, 1.807) is 0 Å². The molecular weight excluding hydrogens is 312 g/mol. The first kappa shape index (κ1) is 17.7. The maximum atomic E-state index is 3.62. The quantitative estimate of drug-likeness (QED) is 0.674. The van der Waals surface area contributed by atoms with Crippen molar-refractivity contribution in [2.45, 2.75) is 46.2 Å². The number of rotatable bonds is 9. The van der Waals surface area contributed by atoms with Crippen LogP contribution in [0.15, 0.2) is 28.7 Å². The lowest BCUT2D eigenvalue weighted by Gasteiger charge is -2.25. The van der Waals surface area contributed by atoms with E-state index >= 15 is 0 Å².